The van der Waals surface area contributed by atoms with Crippen molar-refractivity contribution in [3.05, 3.63) is 60.3 Å². The zero-order valence-corrected chi connectivity index (χ0v) is 27.5. The number of aliphatic hydroxyl groups is 9. The highest BCUT2D eigenvalue weighted by atomic mass is 16.6. The Balaban J connectivity index is 3.14. The molecule has 0 aliphatic carbocycles. The van der Waals surface area contributed by atoms with Crippen LogP contribution in [0.15, 0.2) is 60.3 Å². The lowest BCUT2D eigenvalue weighted by Gasteiger charge is -2.29. The van der Waals surface area contributed by atoms with E-state index in [9.17, 15) is 50.8 Å². The van der Waals surface area contributed by atoms with Crippen molar-refractivity contribution in [1.82, 2.24) is 0 Å². The smallest absolute Gasteiger partial charge is 0.314 e. The van der Waals surface area contributed by atoms with Crippen LogP contribution in [-0.2, 0) is 9.53 Å². The Bertz CT molecular complexity index is 991. The van der Waals surface area contributed by atoms with Crippen LogP contribution in [0.1, 0.15) is 85.0 Å². The highest BCUT2D eigenvalue weighted by molar-refractivity contribution is 5.74. The van der Waals surface area contributed by atoms with E-state index in [0.29, 0.717) is 12.0 Å². The minimum atomic E-state index is -1.52. The fraction of sp³-hybridized carbons (Fsp3) is 0.686. The minimum Gasteiger partial charge on any atom is -0.459 e. The first-order valence-corrected chi connectivity index (χ1v) is 16.4. The maximum atomic E-state index is 13.1. The van der Waals surface area contributed by atoms with Crippen LogP contribution in [0.5, 0.6) is 0 Å². The van der Waals surface area contributed by atoms with Gasteiger partial charge >= 0.3 is 5.97 Å². The summed E-state index contributed by atoms with van der Waals surface area (Å²) in [7, 11) is 0. The molecule has 264 valence electrons. The Kier molecular flexibility index (Phi) is 21.1. The molecule has 0 aromatic carbocycles. The molecule has 1 aliphatic rings. The van der Waals surface area contributed by atoms with Gasteiger partial charge in [-0.1, -0.05) is 80.9 Å². The zero-order valence-electron chi connectivity index (χ0n) is 27.5. The molecule has 11 heteroatoms. The highest BCUT2D eigenvalue weighted by Crippen LogP contribution is 2.24. The van der Waals surface area contributed by atoms with Crippen molar-refractivity contribution in [2.75, 3.05) is 0 Å². The number of rotatable bonds is 5. The summed E-state index contributed by atoms with van der Waals surface area (Å²) in [5.41, 5.74) is 0.609. The number of esters is 1. The summed E-state index contributed by atoms with van der Waals surface area (Å²) in [5.74, 6) is -2.33. The van der Waals surface area contributed by atoms with Gasteiger partial charge in [-0.05, 0) is 51.5 Å². The van der Waals surface area contributed by atoms with E-state index in [-0.39, 0.29) is 44.9 Å². The Hall–Kier alpha value is -2.19. The van der Waals surface area contributed by atoms with E-state index in [4.69, 9.17) is 4.74 Å². The number of hydrogen-bond acceptors (Lipinski definition) is 11. The normalized spacial score (nSPS) is 38.6. The topological polar surface area (TPSA) is 208 Å². The second-order valence-electron chi connectivity index (χ2n) is 12.4. The number of hydrogen-bond donors (Lipinski definition) is 9. The summed E-state index contributed by atoms with van der Waals surface area (Å²) in [5, 5.41) is 94.8. The standard InChI is InChI=1S/C35H58O11/c1-4-5-11-16-31(42)34-33(44)22-29(40)20-27(38)18-25(36)17-26(37)19-28(39)21-32(43)23(2)14-12-9-7-6-8-10-13-15-30(41)24(3)46-35(34)45/h6-10,12-15,24-34,36-44H,4-5,11,16-22H2,1-3H3/b7-6-,10-8-,12-9+,15-13-,23-14+/t24-,25+,26-,27+,28-,29+,30-,31-,32-,33+,34+/m0/s1. The van der Waals surface area contributed by atoms with Crippen LogP contribution < -0.4 is 0 Å². The zero-order chi connectivity index (χ0) is 34.6. The Morgan fingerprint density at radius 2 is 1.20 bits per heavy atom. The summed E-state index contributed by atoms with van der Waals surface area (Å²) in [4.78, 5) is 13.1. The molecule has 0 bridgehead atoms. The van der Waals surface area contributed by atoms with E-state index in [2.05, 4.69) is 0 Å². The first kappa shape index (κ1) is 41.8. The van der Waals surface area contributed by atoms with Gasteiger partial charge in [0.25, 0.3) is 0 Å². The predicted octanol–water partition coefficient (Wildman–Crippen LogP) is 1.89. The molecule has 0 fully saturated rings. The molecule has 1 aliphatic heterocycles. The number of carbonyl (C=O) groups excluding carboxylic acids is 1. The minimum absolute atomic E-state index is 0.0162. The summed E-state index contributed by atoms with van der Waals surface area (Å²) in [6.45, 7) is 5.18. The van der Waals surface area contributed by atoms with Gasteiger partial charge in [0.15, 0.2) is 0 Å². The number of ether oxygens (including phenoxy) is 1. The van der Waals surface area contributed by atoms with Gasteiger partial charge in [0.1, 0.15) is 18.1 Å². The summed E-state index contributed by atoms with van der Waals surface area (Å²) in [6, 6.07) is 0. The SMILES string of the molecule is CCCCC[C@H](O)[C@H]1C(=O)O[C@@H](C)[C@@H](O)\C=C/C=C\C=C/C=C/C=C(\C)[C@@H](O)C[C@@H](O)C[C@@H](O)C[C@@H](O)C[C@@H](O)C[C@@H](O)C[C@H]1O. The number of carbonyl (C=O) groups is 1. The van der Waals surface area contributed by atoms with E-state index in [1.54, 1.807) is 55.5 Å². The van der Waals surface area contributed by atoms with E-state index >= 15 is 0 Å². The largest absolute Gasteiger partial charge is 0.459 e. The summed E-state index contributed by atoms with van der Waals surface area (Å²) in [6.07, 6.45) is 4.69. The molecular weight excluding hydrogens is 596 g/mol. The molecule has 0 spiro atoms. The van der Waals surface area contributed by atoms with Gasteiger partial charge in [-0.15, -0.1) is 0 Å². The van der Waals surface area contributed by atoms with Gasteiger partial charge in [0, 0.05) is 12.8 Å². The molecule has 0 saturated heterocycles. The van der Waals surface area contributed by atoms with Crippen molar-refractivity contribution in [3.8, 4) is 0 Å². The maximum absolute atomic E-state index is 13.1. The molecular formula is C35H58O11. The third-order valence-electron chi connectivity index (χ3n) is 8.03. The molecule has 11 nitrogen and oxygen atoms in total. The van der Waals surface area contributed by atoms with Crippen molar-refractivity contribution in [3.63, 3.8) is 0 Å². The third kappa shape index (κ3) is 17.7. The molecule has 46 heavy (non-hydrogen) atoms. The van der Waals surface area contributed by atoms with Gasteiger partial charge in [-0.3, -0.25) is 4.79 Å². The van der Waals surface area contributed by atoms with Crippen molar-refractivity contribution >= 4 is 5.97 Å². The molecule has 0 amide bonds. The van der Waals surface area contributed by atoms with Gasteiger partial charge in [0.05, 0.1) is 48.8 Å². The molecule has 1 rings (SSSR count). The van der Waals surface area contributed by atoms with Gasteiger partial charge in [-0.25, -0.2) is 0 Å². The fourth-order valence-electron chi connectivity index (χ4n) is 5.27. The monoisotopic (exact) mass is 654 g/mol. The molecule has 0 aromatic rings. The third-order valence-corrected chi connectivity index (χ3v) is 8.03. The van der Waals surface area contributed by atoms with Gasteiger partial charge < -0.3 is 50.7 Å². The Labute approximate surface area is 273 Å². The second kappa shape index (κ2) is 23.2. The second-order valence-corrected chi connectivity index (χ2v) is 12.4. The Morgan fingerprint density at radius 3 is 1.74 bits per heavy atom. The summed E-state index contributed by atoms with van der Waals surface area (Å²) < 4.78 is 5.42. The van der Waals surface area contributed by atoms with Crippen LogP contribution in [0.4, 0.5) is 0 Å². The lowest BCUT2D eigenvalue weighted by molar-refractivity contribution is -0.168. The lowest BCUT2D eigenvalue weighted by Crippen LogP contribution is -2.43. The van der Waals surface area contributed by atoms with Crippen LogP contribution in [0.25, 0.3) is 0 Å². The van der Waals surface area contributed by atoms with Crippen LogP contribution >= 0.6 is 0 Å². The van der Waals surface area contributed by atoms with Gasteiger partial charge in [0.2, 0.25) is 0 Å². The molecule has 9 N–H and O–H groups in total. The van der Waals surface area contributed by atoms with Crippen LogP contribution in [-0.4, -0.2) is 113 Å². The van der Waals surface area contributed by atoms with Crippen LogP contribution in [0, 0.1) is 5.92 Å². The first-order valence-electron chi connectivity index (χ1n) is 16.4. The van der Waals surface area contributed by atoms with Crippen molar-refractivity contribution in [2.45, 2.75) is 146 Å². The average molecular weight is 655 g/mol. The number of aliphatic hydroxyl groups excluding tert-OH is 9. The van der Waals surface area contributed by atoms with E-state index in [1.807, 2.05) is 6.92 Å². The first-order chi connectivity index (χ1) is 21.7. The van der Waals surface area contributed by atoms with Crippen molar-refractivity contribution in [1.29, 1.82) is 0 Å². The molecule has 0 saturated carbocycles. The van der Waals surface area contributed by atoms with Gasteiger partial charge in [-0.2, -0.15) is 0 Å². The molecule has 0 unspecified atom stereocenters. The highest BCUT2D eigenvalue weighted by Gasteiger charge is 2.37. The van der Waals surface area contributed by atoms with Crippen LogP contribution in [0.3, 0.4) is 0 Å². The van der Waals surface area contributed by atoms with E-state index in [0.717, 1.165) is 12.8 Å². The molecule has 0 aromatic heterocycles. The average Bonchev–Trinajstić information content (AvgIpc) is 2.94. The number of cyclic esters (lactones) is 1. The van der Waals surface area contributed by atoms with Crippen molar-refractivity contribution < 1.29 is 55.5 Å². The number of allylic oxidation sites excluding steroid dienone is 8. The van der Waals surface area contributed by atoms with E-state index in [1.165, 1.54) is 13.0 Å². The van der Waals surface area contributed by atoms with Crippen LogP contribution in [0.2, 0.25) is 0 Å². The fourth-order valence-corrected chi connectivity index (χ4v) is 5.27. The molecule has 11 atom stereocenters. The predicted molar refractivity (Wildman–Crippen MR) is 175 cm³/mol. The van der Waals surface area contributed by atoms with Crippen molar-refractivity contribution in [2.24, 2.45) is 5.92 Å². The maximum Gasteiger partial charge on any atom is 0.314 e. The lowest BCUT2D eigenvalue weighted by atomic mass is 9.87. The number of unbranched alkanes of at least 4 members (excludes halogenated alkanes) is 2. The Morgan fingerprint density at radius 1 is 0.717 bits per heavy atom. The molecule has 1 heterocycles. The molecule has 0 radical (unpaired) electrons. The van der Waals surface area contributed by atoms with E-state index < -0.39 is 72.9 Å². The quantitative estimate of drug-likeness (QED) is 0.154. The summed E-state index contributed by atoms with van der Waals surface area (Å²) >= 11 is 0.